The number of nitrogens with zero attached hydrogens (tertiary/aromatic N) is 2. The van der Waals surface area contributed by atoms with E-state index in [1.165, 1.54) is 18.4 Å². The molecule has 0 bridgehead atoms. The number of carbonyl (C=O) groups excluding carboxylic acids is 1. The summed E-state index contributed by atoms with van der Waals surface area (Å²) in [5.41, 5.74) is 3.98. The molecule has 1 aliphatic rings. The topological polar surface area (TPSA) is 46.9 Å². The van der Waals surface area contributed by atoms with Crippen LogP contribution in [0.2, 0.25) is 0 Å². The Morgan fingerprint density at radius 2 is 1.81 bits per heavy atom. The summed E-state index contributed by atoms with van der Waals surface area (Å²) in [5.74, 6) is 0.0353. The Kier molecular flexibility index (Phi) is 4.82. The van der Waals surface area contributed by atoms with Crippen LogP contribution in [0.25, 0.3) is 11.1 Å². The molecule has 0 saturated heterocycles. The number of rotatable bonds is 5. The second kappa shape index (κ2) is 7.56. The van der Waals surface area contributed by atoms with Crippen molar-refractivity contribution in [1.82, 2.24) is 15.1 Å². The maximum absolute atomic E-state index is 12.8. The van der Waals surface area contributed by atoms with Gasteiger partial charge in [-0.25, -0.2) is 0 Å². The minimum Gasteiger partial charge on any atom is -0.349 e. The van der Waals surface area contributed by atoms with Crippen LogP contribution in [0.5, 0.6) is 0 Å². The molecule has 1 heterocycles. The van der Waals surface area contributed by atoms with Gasteiger partial charge in [-0.15, -0.1) is 0 Å². The molecule has 0 unspecified atom stereocenters. The van der Waals surface area contributed by atoms with E-state index in [0.717, 1.165) is 36.1 Å². The number of hydrogen-bond donors (Lipinski definition) is 1. The van der Waals surface area contributed by atoms with Gasteiger partial charge in [0, 0.05) is 24.0 Å². The standard InChI is InChI=1S/C22H23N3O/c26-22(24-19-6-1-2-7-19)21-9-4-3-8-20(21)18-12-10-17(11-13-18)16-25-15-5-14-23-25/h3-5,8-15,19H,1-2,6-7,16H2,(H,24,26). The molecule has 4 rings (SSSR count). The van der Waals surface area contributed by atoms with Gasteiger partial charge in [0.1, 0.15) is 0 Å². The van der Waals surface area contributed by atoms with Crippen LogP contribution in [0.1, 0.15) is 41.6 Å². The Bertz CT molecular complexity index is 863. The van der Waals surface area contributed by atoms with Crippen molar-refractivity contribution in [1.29, 1.82) is 0 Å². The monoisotopic (exact) mass is 345 g/mol. The third-order valence-corrected chi connectivity index (χ3v) is 5.03. The molecular weight excluding hydrogens is 322 g/mol. The van der Waals surface area contributed by atoms with Crippen molar-refractivity contribution in [3.05, 3.63) is 78.1 Å². The van der Waals surface area contributed by atoms with Gasteiger partial charge in [0.25, 0.3) is 5.91 Å². The number of benzene rings is 2. The lowest BCUT2D eigenvalue weighted by atomic mass is 9.98. The van der Waals surface area contributed by atoms with E-state index in [4.69, 9.17) is 0 Å². The van der Waals surface area contributed by atoms with Gasteiger partial charge >= 0.3 is 0 Å². The highest BCUT2D eigenvalue weighted by Gasteiger charge is 2.19. The molecule has 132 valence electrons. The van der Waals surface area contributed by atoms with E-state index < -0.39 is 0 Å². The SMILES string of the molecule is O=C(NC1CCCC1)c1ccccc1-c1ccc(Cn2cccn2)cc1. The smallest absolute Gasteiger partial charge is 0.252 e. The first kappa shape index (κ1) is 16.6. The number of aromatic nitrogens is 2. The average Bonchev–Trinajstić information content (AvgIpc) is 3.37. The third kappa shape index (κ3) is 3.69. The van der Waals surface area contributed by atoms with E-state index in [-0.39, 0.29) is 5.91 Å². The summed E-state index contributed by atoms with van der Waals surface area (Å²) in [6.07, 6.45) is 8.35. The van der Waals surface area contributed by atoms with Gasteiger partial charge in [-0.2, -0.15) is 5.10 Å². The molecule has 0 spiro atoms. The van der Waals surface area contributed by atoms with Gasteiger partial charge in [0.15, 0.2) is 0 Å². The first-order valence-electron chi connectivity index (χ1n) is 9.26. The molecule has 2 aromatic carbocycles. The fourth-order valence-electron chi connectivity index (χ4n) is 3.64. The summed E-state index contributed by atoms with van der Waals surface area (Å²) >= 11 is 0. The fourth-order valence-corrected chi connectivity index (χ4v) is 3.64. The van der Waals surface area contributed by atoms with Gasteiger partial charge in [0.2, 0.25) is 0 Å². The highest BCUT2D eigenvalue weighted by molar-refractivity contribution is 6.01. The lowest BCUT2D eigenvalue weighted by Crippen LogP contribution is -2.32. The van der Waals surface area contributed by atoms with Crippen LogP contribution >= 0.6 is 0 Å². The van der Waals surface area contributed by atoms with Gasteiger partial charge < -0.3 is 5.32 Å². The zero-order valence-corrected chi connectivity index (χ0v) is 14.8. The molecule has 0 aliphatic heterocycles. The summed E-state index contributed by atoms with van der Waals surface area (Å²) in [6, 6.07) is 18.5. The van der Waals surface area contributed by atoms with Crippen LogP contribution in [0.3, 0.4) is 0 Å². The van der Waals surface area contributed by atoms with Crippen LogP contribution in [0.15, 0.2) is 67.0 Å². The number of nitrogens with one attached hydrogen (secondary N) is 1. The van der Waals surface area contributed by atoms with Gasteiger partial charge in [-0.05, 0) is 41.7 Å². The van der Waals surface area contributed by atoms with Crippen molar-refractivity contribution in [2.45, 2.75) is 38.3 Å². The molecule has 1 amide bonds. The van der Waals surface area contributed by atoms with Crippen molar-refractivity contribution in [2.75, 3.05) is 0 Å². The quantitative estimate of drug-likeness (QED) is 0.750. The molecule has 3 aromatic rings. The van der Waals surface area contributed by atoms with E-state index in [2.05, 4.69) is 34.7 Å². The normalized spacial score (nSPS) is 14.5. The average molecular weight is 345 g/mol. The zero-order chi connectivity index (χ0) is 17.8. The van der Waals surface area contributed by atoms with Crippen LogP contribution < -0.4 is 5.32 Å². The maximum atomic E-state index is 12.8. The Labute approximate surface area is 153 Å². The predicted molar refractivity (Wildman–Crippen MR) is 103 cm³/mol. The van der Waals surface area contributed by atoms with Crippen molar-refractivity contribution in [3.63, 3.8) is 0 Å². The van der Waals surface area contributed by atoms with Crippen molar-refractivity contribution < 1.29 is 4.79 Å². The van der Waals surface area contributed by atoms with Crippen molar-refractivity contribution in [3.8, 4) is 11.1 Å². The molecule has 1 N–H and O–H groups in total. The molecular formula is C22H23N3O. The Morgan fingerprint density at radius 1 is 1.04 bits per heavy atom. The van der Waals surface area contributed by atoms with Gasteiger partial charge in [-0.1, -0.05) is 55.3 Å². The molecule has 1 fully saturated rings. The highest BCUT2D eigenvalue weighted by Crippen LogP contribution is 2.25. The van der Waals surface area contributed by atoms with E-state index in [0.29, 0.717) is 6.04 Å². The number of hydrogen-bond acceptors (Lipinski definition) is 2. The van der Waals surface area contributed by atoms with Crippen LogP contribution in [-0.2, 0) is 6.54 Å². The second-order valence-corrected chi connectivity index (χ2v) is 6.90. The summed E-state index contributed by atoms with van der Waals surface area (Å²) in [7, 11) is 0. The molecule has 4 nitrogen and oxygen atoms in total. The third-order valence-electron chi connectivity index (χ3n) is 5.03. The Hall–Kier alpha value is -2.88. The largest absolute Gasteiger partial charge is 0.349 e. The Balaban J connectivity index is 1.54. The van der Waals surface area contributed by atoms with Gasteiger partial charge in [-0.3, -0.25) is 9.48 Å². The lowest BCUT2D eigenvalue weighted by Gasteiger charge is -2.15. The number of carbonyl (C=O) groups is 1. The minimum atomic E-state index is 0.0353. The summed E-state index contributed by atoms with van der Waals surface area (Å²) in [4.78, 5) is 12.8. The van der Waals surface area contributed by atoms with E-state index in [1.54, 1.807) is 6.20 Å². The van der Waals surface area contributed by atoms with Crippen LogP contribution in [0, 0.1) is 0 Å². The van der Waals surface area contributed by atoms with E-state index in [1.807, 2.05) is 41.2 Å². The van der Waals surface area contributed by atoms with Crippen LogP contribution in [0.4, 0.5) is 0 Å². The van der Waals surface area contributed by atoms with Crippen molar-refractivity contribution in [2.24, 2.45) is 0 Å². The van der Waals surface area contributed by atoms with E-state index in [9.17, 15) is 4.79 Å². The molecule has 26 heavy (non-hydrogen) atoms. The zero-order valence-electron chi connectivity index (χ0n) is 14.8. The first-order chi connectivity index (χ1) is 12.8. The minimum absolute atomic E-state index is 0.0353. The predicted octanol–water partition coefficient (Wildman–Crippen LogP) is 4.27. The maximum Gasteiger partial charge on any atom is 0.252 e. The molecule has 0 atom stereocenters. The highest BCUT2D eigenvalue weighted by atomic mass is 16.1. The molecule has 1 aliphatic carbocycles. The molecule has 4 heteroatoms. The van der Waals surface area contributed by atoms with Gasteiger partial charge in [0.05, 0.1) is 6.54 Å². The Morgan fingerprint density at radius 3 is 2.54 bits per heavy atom. The first-order valence-corrected chi connectivity index (χ1v) is 9.26. The second-order valence-electron chi connectivity index (χ2n) is 6.90. The summed E-state index contributed by atoms with van der Waals surface area (Å²) < 4.78 is 1.90. The van der Waals surface area contributed by atoms with Crippen LogP contribution in [-0.4, -0.2) is 21.7 Å². The van der Waals surface area contributed by atoms with Crippen molar-refractivity contribution >= 4 is 5.91 Å². The summed E-state index contributed by atoms with van der Waals surface area (Å²) in [6.45, 7) is 0.747. The summed E-state index contributed by atoms with van der Waals surface area (Å²) in [5, 5.41) is 7.44. The van der Waals surface area contributed by atoms with E-state index >= 15 is 0 Å². The number of amides is 1. The lowest BCUT2D eigenvalue weighted by molar-refractivity contribution is 0.0938. The molecule has 1 aromatic heterocycles. The molecule has 0 radical (unpaired) electrons. The fraction of sp³-hybridized carbons (Fsp3) is 0.273. The molecule has 1 saturated carbocycles.